The number of urea groups is 1. The molecule has 1 aliphatic carbocycles. The first-order valence-electron chi connectivity index (χ1n) is 10.7. The summed E-state index contributed by atoms with van der Waals surface area (Å²) in [6.45, 7) is 6.66. The Morgan fingerprint density at radius 1 is 1.23 bits per heavy atom. The highest BCUT2D eigenvalue weighted by molar-refractivity contribution is 6.34. The van der Waals surface area contributed by atoms with Crippen molar-refractivity contribution in [3.05, 3.63) is 28.8 Å². The molecule has 168 valence electrons. The molecule has 2 aliphatic rings. The number of carbonyl (C=O) groups is 4. The van der Waals surface area contributed by atoms with E-state index in [1.165, 1.54) is 6.07 Å². The summed E-state index contributed by atoms with van der Waals surface area (Å²) in [5, 5.41) is 5.68. The molecule has 8 nitrogen and oxygen atoms in total. The minimum Gasteiger partial charge on any atom is -0.339 e. The highest BCUT2D eigenvalue weighted by Crippen LogP contribution is 2.36. The van der Waals surface area contributed by atoms with E-state index in [2.05, 4.69) is 17.6 Å². The molecule has 1 saturated heterocycles. The van der Waals surface area contributed by atoms with Gasteiger partial charge in [-0.1, -0.05) is 18.5 Å². The Hall–Kier alpha value is -2.61. The van der Waals surface area contributed by atoms with Crippen LogP contribution in [-0.2, 0) is 9.59 Å². The third-order valence-electron chi connectivity index (χ3n) is 6.21. The molecule has 1 aromatic carbocycles. The van der Waals surface area contributed by atoms with Crippen molar-refractivity contribution in [1.29, 1.82) is 0 Å². The first-order valence-corrected chi connectivity index (χ1v) is 11.1. The predicted molar refractivity (Wildman–Crippen MR) is 118 cm³/mol. The fraction of sp³-hybridized carbons (Fsp3) is 0.545. The molecule has 0 radical (unpaired) electrons. The number of nitrogens with one attached hydrogen (secondary N) is 2. The Morgan fingerprint density at radius 3 is 2.45 bits per heavy atom. The molecule has 1 heterocycles. The van der Waals surface area contributed by atoms with Crippen molar-refractivity contribution < 1.29 is 19.2 Å². The molecule has 1 saturated carbocycles. The quantitative estimate of drug-likeness (QED) is 0.652. The SMILES string of the molecule is CCN(CC)C(=O)c1ccc(NC(=O)CN2C(=O)NC3(CCC(C)CC3)C2=O)cc1Cl. The lowest BCUT2D eigenvalue weighted by molar-refractivity contribution is -0.135. The van der Waals surface area contributed by atoms with Crippen LogP contribution in [0.4, 0.5) is 10.5 Å². The Labute approximate surface area is 187 Å². The largest absolute Gasteiger partial charge is 0.339 e. The van der Waals surface area contributed by atoms with Gasteiger partial charge in [-0.25, -0.2) is 4.79 Å². The Balaban J connectivity index is 1.64. The minimum absolute atomic E-state index is 0.181. The summed E-state index contributed by atoms with van der Waals surface area (Å²) >= 11 is 6.26. The standard InChI is InChI=1S/C22H29ClN4O4/c1-4-26(5-2)19(29)16-7-6-15(12-17(16)23)24-18(28)13-27-20(30)22(25-21(27)31)10-8-14(3)9-11-22/h6-7,12,14H,4-5,8-11,13H2,1-3H3,(H,24,28)(H,25,31). The second kappa shape index (κ2) is 9.26. The summed E-state index contributed by atoms with van der Waals surface area (Å²) in [5.74, 6) is -0.505. The summed E-state index contributed by atoms with van der Waals surface area (Å²) in [6.07, 6.45) is 2.91. The van der Waals surface area contributed by atoms with Crippen molar-refractivity contribution in [2.24, 2.45) is 5.92 Å². The topological polar surface area (TPSA) is 98.8 Å². The van der Waals surface area contributed by atoms with Crippen molar-refractivity contribution in [2.45, 2.75) is 52.0 Å². The number of imide groups is 1. The van der Waals surface area contributed by atoms with Gasteiger partial charge in [-0.3, -0.25) is 19.3 Å². The lowest BCUT2D eigenvalue weighted by atomic mass is 9.77. The van der Waals surface area contributed by atoms with Gasteiger partial charge < -0.3 is 15.5 Å². The molecule has 31 heavy (non-hydrogen) atoms. The second-order valence-corrected chi connectivity index (χ2v) is 8.71. The number of rotatable bonds is 6. The molecular formula is C22H29ClN4O4. The fourth-order valence-corrected chi connectivity index (χ4v) is 4.47. The van der Waals surface area contributed by atoms with Gasteiger partial charge in [-0.15, -0.1) is 0 Å². The molecule has 0 atom stereocenters. The van der Waals surface area contributed by atoms with Crippen molar-refractivity contribution in [2.75, 3.05) is 25.0 Å². The van der Waals surface area contributed by atoms with Crippen LogP contribution in [0.1, 0.15) is 56.8 Å². The zero-order valence-corrected chi connectivity index (χ0v) is 18.9. The molecule has 0 unspecified atom stereocenters. The second-order valence-electron chi connectivity index (χ2n) is 8.31. The van der Waals surface area contributed by atoms with Crippen molar-refractivity contribution >= 4 is 41.0 Å². The van der Waals surface area contributed by atoms with E-state index in [9.17, 15) is 19.2 Å². The molecule has 9 heteroatoms. The van der Waals surface area contributed by atoms with E-state index >= 15 is 0 Å². The van der Waals surface area contributed by atoms with Gasteiger partial charge >= 0.3 is 6.03 Å². The molecule has 0 bridgehead atoms. The lowest BCUT2D eigenvalue weighted by Gasteiger charge is -2.33. The molecule has 0 aromatic heterocycles. The van der Waals surface area contributed by atoms with E-state index in [1.807, 2.05) is 13.8 Å². The Kier molecular flexibility index (Phi) is 6.89. The van der Waals surface area contributed by atoms with Gasteiger partial charge in [0.2, 0.25) is 5.91 Å². The van der Waals surface area contributed by atoms with Crippen molar-refractivity contribution in [1.82, 2.24) is 15.1 Å². The van der Waals surface area contributed by atoms with Crippen LogP contribution >= 0.6 is 11.6 Å². The van der Waals surface area contributed by atoms with E-state index in [0.29, 0.717) is 43.1 Å². The van der Waals surface area contributed by atoms with Gasteiger partial charge in [0, 0.05) is 18.8 Å². The lowest BCUT2D eigenvalue weighted by Crippen LogP contribution is -2.49. The highest BCUT2D eigenvalue weighted by atomic mass is 35.5. The third kappa shape index (κ3) is 4.69. The Bertz CT molecular complexity index is 891. The molecule has 1 aliphatic heterocycles. The minimum atomic E-state index is -0.875. The molecule has 2 fully saturated rings. The first kappa shape index (κ1) is 23.1. The van der Waals surface area contributed by atoms with Crippen LogP contribution in [-0.4, -0.2) is 58.7 Å². The summed E-state index contributed by atoms with van der Waals surface area (Å²) in [5.41, 5.74) is -0.134. The Morgan fingerprint density at radius 2 is 1.87 bits per heavy atom. The van der Waals surface area contributed by atoms with E-state index in [-0.39, 0.29) is 23.4 Å². The van der Waals surface area contributed by atoms with Gasteiger partial charge in [-0.05, 0) is 63.6 Å². The fourth-order valence-electron chi connectivity index (χ4n) is 4.21. The summed E-state index contributed by atoms with van der Waals surface area (Å²) < 4.78 is 0. The van der Waals surface area contributed by atoms with Crippen LogP contribution in [0.3, 0.4) is 0 Å². The van der Waals surface area contributed by atoms with Gasteiger partial charge in [0.1, 0.15) is 12.1 Å². The van der Waals surface area contributed by atoms with Gasteiger partial charge in [0.15, 0.2) is 0 Å². The number of carbonyl (C=O) groups excluding carboxylic acids is 4. The number of anilines is 1. The molecule has 3 rings (SSSR count). The van der Waals surface area contributed by atoms with E-state index in [0.717, 1.165) is 17.7 Å². The maximum Gasteiger partial charge on any atom is 0.325 e. The average Bonchev–Trinajstić information content (AvgIpc) is 2.95. The van der Waals surface area contributed by atoms with Gasteiger partial charge in [0.05, 0.1) is 10.6 Å². The van der Waals surface area contributed by atoms with Crippen LogP contribution in [0.5, 0.6) is 0 Å². The molecule has 1 spiro atoms. The zero-order valence-electron chi connectivity index (χ0n) is 18.2. The summed E-state index contributed by atoms with van der Waals surface area (Å²) in [4.78, 5) is 52.9. The average molecular weight is 449 g/mol. The van der Waals surface area contributed by atoms with Crippen LogP contribution < -0.4 is 10.6 Å². The van der Waals surface area contributed by atoms with Crippen molar-refractivity contribution in [3.8, 4) is 0 Å². The van der Waals surface area contributed by atoms with E-state index in [1.54, 1.807) is 17.0 Å². The molecule has 5 amide bonds. The number of amides is 5. The number of halogens is 1. The monoisotopic (exact) mass is 448 g/mol. The molecule has 2 N–H and O–H groups in total. The number of benzene rings is 1. The van der Waals surface area contributed by atoms with Crippen molar-refractivity contribution in [3.63, 3.8) is 0 Å². The van der Waals surface area contributed by atoms with E-state index in [4.69, 9.17) is 11.6 Å². The summed E-state index contributed by atoms with van der Waals surface area (Å²) in [6, 6.07) is 4.10. The molecule has 1 aromatic rings. The van der Waals surface area contributed by atoms with Crippen LogP contribution in [0, 0.1) is 5.92 Å². The van der Waals surface area contributed by atoms with E-state index < -0.39 is 17.5 Å². The maximum absolute atomic E-state index is 12.9. The first-order chi connectivity index (χ1) is 14.7. The normalized spacial score (nSPS) is 23.1. The number of hydrogen-bond donors (Lipinski definition) is 2. The highest BCUT2D eigenvalue weighted by Gasteiger charge is 2.52. The summed E-state index contributed by atoms with van der Waals surface area (Å²) in [7, 11) is 0. The maximum atomic E-state index is 12.9. The van der Waals surface area contributed by atoms with Gasteiger partial charge in [0.25, 0.3) is 11.8 Å². The number of nitrogens with zero attached hydrogens (tertiary/aromatic N) is 2. The van der Waals surface area contributed by atoms with Crippen LogP contribution in [0.2, 0.25) is 5.02 Å². The third-order valence-corrected chi connectivity index (χ3v) is 6.52. The predicted octanol–water partition coefficient (Wildman–Crippen LogP) is 3.26. The zero-order chi connectivity index (χ0) is 22.8. The van der Waals surface area contributed by atoms with Gasteiger partial charge in [-0.2, -0.15) is 0 Å². The smallest absolute Gasteiger partial charge is 0.325 e. The molecular weight excluding hydrogens is 420 g/mol. The van der Waals surface area contributed by atoms with Crippen LogP contribution in [0.25, 0.3) is 0 Å². The van der Waals surface area contributed by atoms with Crippen LogP contribution in [0.15, 0.2) is 18.2 Å². The number of hydrogen-bond acceptors (Lipinski definition) is 4.